The van der Waals surface area contributed by atoms with E-state index in [2.05, 4.69) is 103 Å². The molecule has 0 radical (unpaired) electrons. The third-order valence-electron chi connectivity index (χ3n) is 7.39. The summed E-state index contributed by atoms with van der Waals surface area (Å²) in [4.78, 5) is 12.4. The van der Waals surface area contributed by atoms with Crippen LogP contribution in [0.15, 0.2) is 89.5 Å². The number of ether oxygens (including phenoxy) is 1. The molecule has 1 saturated carbocycles. The SMILES string of the molecule is CCOC(=O)C1(c2ccc(-c3ccc(-c4onc(C)c4/C=C/CC(C)c4ccccc4)cc3)cc2)CC1. The number of esters is 1. The molecule has 4 heteroatoms. The molecule has 1 unspecified atom stereocenters. The average molecular weight is 492 g/mol. The van der Waals surface area contributed by atoms with Gasteiger partial charge in [0.1, 0.15) is 0 Å². The van der Waals surface area contributed by atoms with Gasteiger partial charge in [0.2, 0.25) is 0 Å². The molecule has 1 fully saturated rings. The van der Waals surface area contributed by atoms with E-state index in [0.29, 0.717) is 12.5 Å². The van der Waals surface area contributed by atoms with Crippen LogP contribution in [0.2, 0.25) is 0 Å². The van der Waals surface area contributed by atoms with E-state index in [9.17, 15) is 4.79 Å². The number of hydrogen-bond acceptors (Lipinski definition) is 4. The predicted molar refractivity (Wildman–Crippen MR) is 148 cm³/mol. The van der Waals surface area contributed by atoms with Crippen LogP contribution in [0.3, 0.4) is 0 Å². The minimum absolute atomic E-state index is 0.103. The van der Waals surface area contributed by atoms with Gasteiger partial charge in [-0.05, 0) is 61.3 Å². The maximum atomic E-state index is 12.4. The van der Waals surface area contributed by atoms with Gasteiger partial charge in [-0.3, -0.25) is 4.79 Å². The summed E-state index contributed by atoms with van der Waals surface area (Å²) in [6.07, 6.45) is 7.00. The van der Waals surface area contributed by atoms with Crippen LogP contribution in [0.5, 0.6) is 0 Å². The number of aryl methyl sites for hydroxylation is 1. The van der Waals surface area contributed by atoms with Gasteiger partial charge in [-0.25, -0.2) is 0 Å². The second-order valence-corrected chi connectivity index (χ2v) is 9.92. The number of benzene rings is 3. The minimum atomic E-state index is -0.439. The maximum Gasteiger partial charge on any atom is 0.316 e. The molecule has 1 aromatic heterocycles. The molecule has 1 aliphatic rings. The van der Waals surface area contributed by atoms with Crippen LogP contribution in [-0.2, 0) is 14.9 Å². The van der Waals surface area contributed by atoms with Crippen LogP contribution in [-0.4, -0.2) is 17.7 Å². The van der Waals surface area contributed by atoms with Crippen LogP contribution >= 0.6 is 0 Å². The van der Waals surface area contributed by atoms with Gasteiger partial charge >= 0.3 is 5.97 Å². The van der Waals surface area contributed by atoms with E-state index in [1.807, 2.05) is 13.8 Å². The van der Waals surface area contributed by atoms with Crippen LogP contribution < -0.4 is 0 Å². The van der Waals surface area contributed by atoms with Gasteiger partial charge in [-0.1, -0.05) is 103 Å². The summed E-state index contributed by atoms with van der Waals surface area (Å²) in [6, 6.07) is 27.2. The molecule has 37 heavy (non-hydrogen) atoms. The first-order valence-electron chi connectivity index (χ1n) is 13.1. The van der Waals surface area contributed by atoms with Gasteiger partial charge in [-0.2, -0.15) is 0 Å². The standard InChI is InChI=1S/C33H33NO3/c1-4-36-32(35)33(21-22-33)29-19-17-27(18-20-29)26-13-15-28(16-14-26)31-30(24(3)34-37-31)12-8-9-23(2)25-10-6-5-7-11-25/h5-8,10-20,23H,4,9,21-22H2,1-3H3/b12-8+. The average Bonchev–Trinajstić information content (AvgIpc) is 3.68. The van der Waals surface area contributed by atoms with Crippen LogP contribution in [0.25, 0.3) is 28.5 Å². The van der Waals surface area contributed by atoms with E-state index in [0.717, 1.165) is 58.5 Å². The fourth-order valence-electron chi connectivity index (χ4n) is 4.89. The molecule has 3 aromatic carbocycles. The van der Waals surface area contributed by atoms with Gasteiger partial charge in [0.15, 0.2) is 5.76 Å². The van der Waals surface area contributed by atoms with E-state index in [1.165, 1.54) is 5.56 Å². The van der Waals surface area contributed by atoms with Crippen molar-refractivity contribution in [3.63, 3.8) is 0 Å². The van der Waals surface area contributed by atoms with Crippen molar-refractivity contribution in [2.45, 2.75) is 51.4 Å². The highest BCUT2D eigenvalue weighted by atomic mass is 16.5. The van der Waals surface area contributed by atoms with Crippen molar-refractivity contribution in [1.82, 2.24) is 5.16 Å². The number of carbonyl (C=O) groups is 1. The molecule has 5 rings (SSSR count). The topological polar surface area (TPSA) is 52.3 Å². The lowest BCUT2D eigenvalue weighted by atomic mass is 9.93. The summed E-state index contributed by atoms with van der Waals surface area (Å²) < 4.78 is 11.0. The van der Waals surface area contributed by atoms with E-state index in [1.54, 1.807) is 0 Å². The zero-order valence-corrected chi connectivity index (χ0v) is 21.7. The molecule has 4 aromatic rings. The predicted octanol–water partition coefficient (Wildman–Crippen LogP) is 8.12. The second-order valence-electron chi connectivity index (χ2n) is 9.92. The smallest absolute Gasteiger partial charge is 0.316 e. The summed E-state index contributed by atoms with van der Waals surface area (Å²) in [5.74, 6) is 1.13. The molecule has 1 aliphatic carbocycles. The highest BCUT2D eigenvalue weighted by molar-refractivity contribution is 5.87. The summed E-state index contributed by atoms with van der Waals surface area (Å²) >= 11 is 0. The fraction of sp³-hybridized carbons (Fsp3) is 0.273. The molecular weight excluding hydrogens is 458 g/mol. The van der Waals surface area contributed by atoms with E-state index >= 15 is 0 Å². The number of aromatic nitrogens is 1. The maximum absolute atomic E-state index is 12.4. The molecule has 188 valence electrons. The lowest BCUT2D eigenvalue weighted by Crippen LogP contribution is -2.23. The summed E-state index contributed by atoms with van der Waals surface area (Å²) in [6.45, 7) is 6.49. The van der Waals surface area contributed by atoms with Crippen molar-refractivity contribution in [3.8, 4) is 22.5 Å². The van der Waals surface area contributed by atoms with Gasteiger partial charge in [0.05, 0.1) is 17.7 Å². The normalized spacial score (nSPS) is 15.0. The van der Waals surface area contributed by atoms with Crippen LogP contribution in [0.4, 0.5) is 0 Å². The summed E-state index contributed by atoms with van der Waals surface area (Å²) in [5, 5.41) is 4.23. The van der Waals surface area contributed by atoms with Gasteiger partial charge < -0.3 is 9.26 Å². The van der Waals surface area contributed by atoms with Gasteiger partial charge in [0.25, 0.3) is 0 Å². The van der Waals surface area contributed by atoms with Crippen molar-refractivity contribution in [3.05, 3.63) is 107 Å². The molecule has 0 amide bonds. The zero-order valence-electron chi connectivity index (χ0n) is 21.7. The van der Waals surface area contributed by atoms with Crippen molar-refractivity contribution in [1.29, 1.82) is 0 Å². The summed E-state index contributed by atoms with van der Waals surface area (Å²) in [7, 11) is 0. The Bertz CT molecular complexity index is 1380. The Kier molecular flexibility index (Phi) is 7.09. The lowest BCUT2D eigenvalue weighted by molar-refractivity contribution is -0.146. The Morgan fingerprint density at radius 3 is 2.22 bits per heavy atom. The number of carbonyl (C=O) groups excluding carboxylic acids is 1. The molecule has 0 saturated heterocycles. The molecule has 1 heterocycles. The van der Waals surface area contributed by atoms with Gasteiger partial charge in [-0.15, -0.1) is 0 Å². The van der Waals surface area contributed by atoms with E-state index < -0.39 is 5.41 Å². The third kappa shape index (κ3) is 5.15. The highest BCUT2D eigenvalue weighted by Gasteiger charge is 2.52. The van der Waals surface area contributed by atoms with Crippen LogP contribution in [0.1, 0.15) is 61.4 Å². The first-order valence-corrected chi connectivity index (χ1v) is 13.1. The molecule has 0 N–H and O–H groups in total. The first-order chi connectivity index (χ1) is 18.0. The molecule has 0 aliphatic heterocycles. The Balaban J connectivity index is 1.30. The van der Waals surface area contributed by atoms with Crippen molar-refractivity contribution >= 4 is 12.0 Å². The largest absolute Gasteiger partial charge is 0.465 e. The minimum Gasteiger partial charge on any atom is -0.465 e. The van der Waals surface area contributed by atoms with Gasteiger partial charge in [0, 0.05) is 11.1 Å². The zero-order chi connectivity index (χ0) is 25.8. The molecule has 0 bridgehead atoms. The molecule has 1 atom stereocenters. The Labute approximate surface area is 219 Å². The Morgan fingerprint density at radius 1 is 0.973 bits per heavy atom. The van der Waals surface area contributed by atoms with Crippen molar-refractivity contribution in [2.24, 2.45) is 0 Å². The number of allylic oxidation sites excluding steroid dienone is 1. The van der Waals surface area contributed by atoms with E-state index in [4.69, 9.17) is 9.26 Å². The fourth-order valence-corrected chi connectivity index (χ4v) is 4.89. The quantitative estimate of drug-likeness (QED) is 0.222. The Morgan fingerprint density at radius 2 is 1.59 bits per heavy atom. The third-order valence-corrected chi connectivity index (χ3v) is 7.39. The van der Waals surface area contributed by atoms with Crippen molar-refractivity contribution < 1.29 is 14.1 Å². The number of nitrogens with zero attached hydrogens (tertiary/aromatic N) is 1. The summed E-state index contributed by atoms with van der Waals surface area (Å²) in [5.41, 5.74) is 7.06. The molecule has 0 spiro atoms. The highest BCUT2D eigenvalue weighted by Crippen LogP contribution is 2.49. The number of hydrogen-bond donors (Lipinski definition) is 0. The monoisotopic (exact) mass is 491 g/mol. The first kappa shape index (κ1) is 24.8. The second kappa shape index (κ2) is 10.6. The lowest BCUT2D eigenvalue weighted by Gasteiger charge is -2.14. The van der Waals surface area contributed by atoms with E-state index in [-0.39, 0.29) is 5.97 Å². The number of rotatable bonds is 9. The molecule has 4 nitrogen and oxygen atoms in total. The van der Waals surface area contributed by atoms with Crippen LogP contribution in [0, 0.1) is 6.92 Å². The molecular formula is C33H33NO3. The Hall–Kier alpha value is -3.92. The van der Waals surface area contributed by atoms with Crippen molar-refractivity contribution in [2.75, 3.05) is 6.61 Å².